The molecule has 2 N–H and O–H groups in total. The minimum Gasteiger partial charge on any atom is -0.343 e. The number of hydrogen-bond acceptors (Lipinski definition) is 2. The van der Waals surface area contributed by atoms with Crippen LogP contribution in [0.4, 0.5) is 11.4 Å². The zero-order chi connectivity index (χ0) is 15.4. The number of nitrogens with two attached hydrogens (primary N) is 1. The molecule has 0 amide bonds. The lowest BCUT2D eigenvalue weighted by molar-refractivity contribution is 0.737. The molecule has 0 spiro atoms. The molecule has 2 nitrogen and oxygen atoms in total. The summed E-state index contributed by atoms with van der Waals surface area (Å²) in [6.07, 6.45) is 1.86. The van der Waals surface area contributed by atoms with Gasteiger partial charge in [0, 0.05) is 18.8 Å². The maximum atomic E-state index is 6.43. The molecular formula is C18H23ClN2. The molecule has 0 radical (unpaired) electrons. The van der Waals surface area contributed by atoms with E-state index < -0.39 is 0 Å². The van der Waals surface area contributed by atoms with Gasteiger partial charge in [-0.05, 0) is 49.1 Å². The summed E-state index contributed by atoms with van der Waals surface area (Å²) in [6, 6.07) is 14.7. The van der Waals surface area contributed by atoms with E-state index in [0.29, 0.717) is 0 Å². The summed E-state index contributed by atoms with van der Waals surface area (Å²) in [7, 11) is 2.05. The molecule has 112 valence electrons. The van der Waals surface area contributed by atoms with Crippen molar-refractivity contribution in [1.82, 2.24) is 0 Å². The van der Waals surface area contributed by atoms with E-state index in [1.165, 1.54) is 11.1 Å². The van der Waals surface area contributed by atoms with E-state index in [1.54, 1.807) is 0 Å². The molecule has 2 rings (SSSR count). The summed E-state index contributed by atoms with van der Waals surface area (Å²) in [5.41, 5.74) is 10.6. The van der Waals surface area contributed by atoms with Gasteiger partial charge in [-0.1, -0.05) is 42.8 Å². The third kappa shape index (κ3) is 3.78. The number of anilines is 2. The maximum Gasteiger partial charge on any atom is 0.0645 e. The van der Waals surface area contributed by atoms with Crippen molar-refractivity contribution in [1.29, 1.82) is 0 Å². The predicted octanol–water partition coefficient (Wildman–Crippen LogP) is 4.56. The summed E-state index contributed by atoms with van der Waals surface area (Å²) >= 11 is 6.43. The second kappa shape index (κ2) is 6.97. The van der Waals surface area contributed by atoms with Crippen molar-refractivity contribution in [2.45, 2.75) is 32.7 Å². The van der Waals surface area contributed by atoms with Gasteiger partial charge in [-0.25, -0.2) is 0 Å². The van der Waals surface area contributed by atoms with Crippen molar-refractivity contribution < 1.29 is 0 Å². The van der Waals surface area contributed by atoms with Crippen molar-refractivity contribution in [2.24, 2.45) is 5.73 Å². The third-order valence-electron chi connectivity index (χ3n) is 3.68. The van der Waals surface area contributed by atoms with Crippen LogP contribution in [0.15, 0.2) is 42.5 Å². The van der Waals surface area contributed by atoms with E-state index in [1.807, 2.05) is 26.1 Å². The van der Waals surface area contributed by atoms with E-state index in [9.17, 15) is 0 Å². The van der Waals surface area contributed by atoms with Crippen LogP contribution < -0.4 is 10.6 Å². The molecule has 1 unspecified atom stereocenters. The second-order valence-electron chi connectivity index (χ2n) is 5.51. The quantitative estimate of drug-likeness (QED) is 0.877. The van der Waals surface area contributed by atoms with Gasteiger partial charge >= 0.3 is 0 Å². The molecule has 0 saturated heterocycles. The number of hydrogen-bond donors (Lipinski definition) is 1. The summed E-state index contributed by atoms with van der Waals surface area (Å²) in [5, 5.41) is 0.759. The van der Waals surface area contributed by atoms with E-state index in [4.69, 9.17) is 17.3 Å². The number of halogens is 1. The highest BCUT2D eigenvalue weighted by molar-refractivity contribution is 6.33. The Morgan fingerprint density at radius 3 is 2.38 bits per heavy atom. The zero-order valence-electron chi connectivity index (χ0n) is 12.9. The van der Waals surface area contributed by atoms with Gasteiger partial charge in [0.25, 0.3) is 0 Å². The largest absolute Gasteiger partial charge is 0.343 e. The Kier molecular flexibility index (Phi) is 5.27. The summed E-state index contributed by atoms with van der Waals surface area (Å²) in [6.45, 7) is 4.17. The predicted molar refractivity (Wildman–Crippen MR) is 92.7 cm³/mol. The SMILES string of the molecule is CCc1ccc(N(C)c2c(Cl)cccc2CC(C)N)cc1. The van der Waals surface area contributed by atoms with Gasteiger partial charge in [0.2, 0.25) is 0 Å². The minimum absolute atomic E-state index is 0.109. The molecule has 0 aliphatic heterocycles. The first kappa shape index (κ1) is 15.9. The fourth-order valence-electron chi connectivity index (χ4n) is 2.53. The van der Waals surface area contributed by atoms with Gasteiger partial charge in [0.15, 0.2) is 0 Å². The molecule has 0 heterocycles. The number of nitrogens with zero attached hydrogens (tertiary/aromatic N) is 1. The van der Waals surface area contributed by atoms with Gasteiger partial charge in [0.05, 0.1) is 10.7 Å². The number of rotatable bonds is 5. The van der Waals surface area contributed by atoms with Gasteiger partial charge in [-0.15, -0.1) is 0 Å². The summed E-state index contributed by atoms with van der Waals surface area (Å²) in [4.78, 5) is 2.14. The van der Waals surface area contributed by atoms with Crippen LogP contribution in [0.3, 0.4) is 0 Å². The van der Waals surface area contributed by atoms with E-state index >= 15 is 0 Å². The molecule has 1 atom stereocenters. The Hall–Kier alpha value is -1.51. The van der Waals surface area contributed by atoms with E-state index in [2.05, 4.69) is 42.2 Å². The smallest absolute Gasteiger partial charge is 0.0645 e. The molecule has 0 aliphatic carbocycles. The van der Waals surface area contributed by atoms with Crippen molar-refractivity contribution in [3.63, 3.8) is 0 Å². The van der Waals surface area contributed by atoms with E-state index in [0.717, 1.165) is 29.2 Å². The molecule has 2 aromatic rings. The van der Waals surface area contributed by atoms with Crippen LogP contribution in [0.2, 0.25) is 5.02 Å². The lowest BCUT2D eigenvalue weighted by Crippen LogP contribution is -2.20. The molecule has 0 fully saturated rings. The first-order valence-electron chi connectivity index (χ1n) is 7.38. The standard InChI is InChI=1S/C18H23ClN2/c1-4-14-8-10-16(11-9-14)21(3)18-15(12-13(2)20)6-5-7-17(18)19/h5-11,13H,4,12,20H2,1-3H3. The summed E-state index contributed by atoms with van der Waals surface area (Å²) < 4.78 is 0. The number of benzene rings is 2. The molecular weight excluding hydrogens is 280 g/mol. The molecule has 0 saturated carbocycles. The molecule has 0 aromatic heterocycles. The lowest BCUT2D eigenvalue weighted by Gasteiger charge is -2.25. The van der Waals surface area contributed by atoms with Crippen molar-refractivity contribution in [3.05, 3.63) is 58.6 Å². The van der Waals surface area contributed by atoms with Gasteiger partial charge in [0.1, 0.15) is 0 Å². The van der Waals surface area contributed by atoms with Crippen LogP contribution in [0.1, 0.15) is 25.0 Å². The maximum absolute atomic E-state index is 6.43. The number of aryl methyl sites for hydroxylation is 1. The van der Waals surface area contributed by atoms with Crippen LogP contribution in [0.25, 0.3) is 0 Å². The highest BCUT2D eigenvalue weighted by Crippen LogP contribution is 2.34. The minimum atomic E-state index is 0.109. The van der Waals surface area contributed by atoms with Crippen LogP contribution in [0, 0.1) is 0 Å². The van der Waals surface area contributed by atoms with Crippen LogP contribution in [-0.2, 0) is 12.8 Å². The molecule has 2 aromatic carbocycles. The number of para-hydroxylation sites is 1. The van der Waals surface area contributed by atoms with Crippen LogP contribution in [-0.4, -0.2) is 13.1 Å². The highest BCUT2D eigenvalue weighted by atomic mass is 35.5. The van der Waals surface area contributed by atoms with Crippen LogP contribution in [0.5, 0.6) is 0 Å². The van der Waals surface area contributed by atoms with Gasteiger partial charge in [-0.2, -0.15) is 0 Å². The first-order chi connectivity index (χ1) is 10.0. The normalized spacial score (nSPS) is 12.2. The van der Waals surface area contributed by atoms with Gasteiger partial charge in [-0.3, -0.25) is 0 Å². The Bertz CT molecular complexity index is 591. The van der Waals surface area contributed by atoms with Gasteiger partial charge < -0.3 is 10.6 Å². The van der Waals surface area contributed by atoms with E-state index in [-0.39, 0.29) is 6.04 Å². The topological polar surface area (TPSA) is 29.3 Å². The van der Waals surface area contributed by atoms with Crippen molar-refractivity contribution >= 4 is 23.0 Å². The highest BCUT2D eigenvalue weighted by Gasteiger charge is 2.14. The molecule has 0 bridgehead atoms. The Labute approximate surface area is 132 Å². The fourth-order valence-corrected chi connectivity index (χ4v) is 2.85. The average Bonchev–Trinajstić information content (AvgIpc) is 2.46. The van der Waals surface area contributed by atoms with Crippen molar-refractivity contribution in [3.8, 4) is 0 Å². The third-order valence-corrected chi connectivity index (χ3v) is 3.98. The lowest BCUT2D eigenvalue weighted by atomic mass is 10.0. The Morgan fingerprint density at radius 2 is 1.81 bits per heavy atom. The monoisotopic (exact) mass is 302 g/mol. The van der Waals surface area contributed by atoms with Crippen molar-refractivity contribution in [2.75, 3.05) is 11.9 Å². The first-order valence-corrected chi connectivity index (χ1v) is 7.76. The Morgan fingerprint density at radius 1 is 1.14 bits per heavy atom. The second-order valence-corrected chi connectivity index (χ2v) is 5.92. The average molecular weight is 303 g/mol. The van der Waals surface area contributed by atoms with Crippen LogP contribution >= 0.6 is 11.6 Å². The summed E-state index contributed by atoms with van der Waals surface area (Å²) in [5.74, 6) is 0. The molecule has 0 aliphatic rings. The Balaban J connectivity index is 2.39. The molecule has 21 heavy (non-hydrogen) atoms. The zero-order valence-corrected chi connectivity index (χ0v) is 13.7. The molecule has 3 heteroatoms. The fraction of sp³-hybridized carbons (Fsp3) is 0.333.